The van der Waals surface area contributed by atoms with Gasteiger partial charge < -0.3 is 4.74 Å². The molecule has 0 radical (unpaired) electrons. The minimum atomic E-state index is -0.732. The predicted molar refractivity (Wildman–Crippen MR) is 73.4 cm³/mol. The van der Waals surface area contributed by atoms with Crippen molar-refractivity contribution >= 4 is 27.7 Å². The molecular formula is C14H15BrO3. The molecule has 0 fully saturated rings. The van der Waals surface area contributed by atoms with Gasteiger partial charge in [0.2, 0.25) is 0 Å². The maximum atomic E-state index is 11.9. The second kappa shape index (κ2) is 7.11. The zero-order valence-electron chi connectivity index (χ0n) is 10.4. The maximum absolute atomic E-state index is 11.9. The summed E-state index contributed by atoms with van der Waals surface area (Å²) in [5.41, 5.74) is 0. The van der Waals surface area contributed by atoms with Gasteiger partial charge >= 0.3 is 5.97 Å². The third-order valence-electron chi connectivity index (χ3n) is 2.41. The number of rotatable bonds is 5. The first-order valence-electron chi connectivity index (χ1n) is 5.63. The Bertz CT molecular complexity index is 449. The van der Waals surface area contributed by atoms with Gasteiger partial charge in [0, 0.05) is 4.47 Å². The second-order valence-electron chi connectivity index (χ2n) is 3.84. The molecule has 0 bridgehead atoms. The maximum Gasteiger partial charge on any atom is 0.322 e. The molecular weight excluding hydrogens is 296 g/mol. The van der Waals surface area contributed by atoms with E-state index in [9.17, 15) is 9.59 Å². The standard InChI is InChI=1S/C14H15BrO3/c1-3-4-5-13(10(2)16)14(17)18-12-8-6-11(15)7-9-12/h3-4,6-9,13H,5H2,1-2H3. The van der Waals surface area contributed by atoms with Crippen LogP contribution in [0.2, 0.25) is 0 Å². The highest BCUT2D eigenvalue weighted by Crippen LogP contribution is 2.18. The van der Waals surface area contributed by atoms with Gasteiger partial charge in [-0.3, -0.25) is 9.59 Å². The lowest BCUT2D eigenvalue weighted by Crippen LogP contribution is -2.26. The van der Waals surface area contributed by atoms with Crippen LogP contribution < -0.4 is 4.74 Å². The minimum Gasteiger partial charge on any atom is -0.426 e. The quantitative estimate of drug-likeness (QED) is 0.362. The Morgan fingerprint density at radius 2 is 1.94 bits per heavy atom. The summed E-state index contributed by atoms with van der Waals surface area (Å²) in [6.07, 6.45) is 3.97. The molecule has 0 aromatic heterocycles. The monoisotopic (exact) mass is 310 g/mol. The number of hydrogen-bond acceptors (Lipinski definition) is 3. The van der Waals surface area contributed by atoms with E-state index in [2.05, 4.69) is 15.9 Å². The van der Waals surface area contributed by atoms with Gasteiger partial charge in [-0.15, -0.1) is 0 Å². The molecule has 18 heavy (non-hydrogen) atoms. The average Bonchev–Trinajstić information content (AvgIpc) is 2.32. The molecule has 4 heteroatoms. The first kappa shape index (κ1) is 14.6. The molecule has 0 aliphatic heterocycles. The summed E-state index contributed by atoms with van der Waals surface area (Å²) >= 11 is 3.29. The lowest BCUT2D eigenvalue weighted by molar-refractivity contribution is -0.143. The van der Waals surface area contributed by atoms with Crippen molar-refractivity contribution in [1.82, 2.24) is 0 Å². The van der Waals surface area contributed by atoms with Crippen molar-refractivity contribution in [2.45, 2.75) is 20.3 Å². The summed E-state index contributed by atoms with van der Waals surface area (Å²) in [5, 5.41) is 0. The summed E-state index contributed by atoms with van der Waals surface area (Å²) in [6.45, 7) is 3.24. The van der Waals surface area contributed by atoms with Crippen LogP contribution in [0.5, 0.6) is 5.75 Å². The fourth-order valence-corrected chi connectivity index (χ4v) is 1.65. The summed E-state index contributed by atoms with van der Waals surface area (Å²) < 4.78 is 6.08. The summed E-state index contributed by atoms with van der Waals surface area (Å²) in [7, 11) is 0. The van der Waals surface area contributed by atoms with Gasteiger partial charge in [-0.25, -0.2) is 0 Å². The second-order valence-corrected chi connectivity index (χ2v) is 4.76. The third-order valence-corrected chi connectivity index (χ3v) is 2.94. The normalized spacial score (nSPS) is 12.4. The molecule has 0 amide bonds. The SMILES string of the molecule is CC=CCC(C(C)=O)C(=O)Oc1ccc(Br)cc1. The zero-order valence-corrected chi connectivity index (χ0v) is 11.9. The van der Waals surface area contributed by atoms with Gasteiger partial charge in [-0.2, -0.15) is 0 Å². The van der Waals surface area contributed by atoms with Crippen LogP contribution in [0, 0.1) is 5.92 Å². The Kier molecular flexibility index (Phi) is 5.78. The number of ether oxygens (including phenoxy) is 1. The van der Waals surface area contributed by atoms with Crippen LogP contribution in [0.25, 0.3) is 0 Å². The van der Waals surface area contributed by atoms with E-state index in [-0.39, 0.29) is 5.78 Å². The van der Waals surface area contributed by atoms with Gasteiger partial charge in [-0.1, -0.05) is 28.1 Å². The molecule has 0 heterocycles. The lowest BCUT2D eigenvalue weighted by atomic mass is 10.0. The molecule has 0 aliphatic rings. The fourth-order valence-electron chi connectivity index (χ4n) is 1.39. The van der Waals surface area contributed by atoms with Crippen molar-refractivity contribution in [2.75, 3.05) is 0 Å². The first-order chi connectivity index (χ1) is 8.54. The molecule has 1 rings (SSSR count). The number of hydrogen-bond donors (Lipinski definition) is 0. The van der Waals surface area contributed by atoms with Crippen molar-refractivity contribution in [2.24, 2.45) is 5.92 Å². The van der Waals surface area contributed by atoms with Crippen LogP contribution >= 0.6 is 15.9 Å². The van der Waals surface area contributed by atoms with Crippen molar-refractivity contribution in [1.29, 1.82) is 0 Å². The molecule has 1 unspecified atom stereocenters. The number of benzene rings is 1. The van der Waals surface area contributed by atoms with Crippen LogP contribution in [0.3, 0.4) is 0 Å². The summed E-state index contributed by atoms with van der Waals surface area (Å²) in [6, 6.07) is 6.90. The van der Waals surface area contributed by atoms with E-state index in [4.69, 9.17) is 4.74 Å². The van der Waals surface area contributed by atoms with E-state index in [1.165, 1.54) is 6.92 Å². The van der Waals surface area contributed by atoms with Crippen molar-refractivity contribution < 1.29 is 14.3 Å². The van der Waals surface area contributed by atoms with Gasteiger partial charge in [-0.05, 0) is 44.5 Å². The minimum absolute atomic E-state index is 0.185. The highest BCUT2D eigenvalue weighted by molar-refractivity contribution is 9.10. The number of carbonyl (C=O) groups excluding carboxylic acids is 2. The third kappa shape index (κ3) is 4.45. The van der Waals surface area contributed by atoms with Crippen LogP contribution in [-0.2, 0) is 9.59 Å². The van der Waals surface area contributed by atoms with Crippen molar-refractivity contribution in [3.8, 4) is 5.75 Å². The number of halogens is 1. The van der Waals surface area contributed by atoms with Gasteiger partial charge in [0.1, 0.15) is 17.5 Å². The number of allylic oxidation sites excluding steroid dienone is 2. The fraction of sp³-hybridized carbons (Fsp3) is 0.286. The van der Waals surface area contributed by atoms with E-state index >= 15 is 0 Å². The topological polar surface area (TPSA) is 43.4 Å². The van der Waals surface area contributed by atoms with Gasteiger partial charge in [0.05, 0.1) is 0 Å². The van der Waals surface area contributed by atoms with Crippen LogP contribution in [0.15, 0.2) is 40.9 Å². The van der Waals surface area contributed by atoms with E-state index in [1.807, 2.05) is 13.0 Å². The molecule has 0 aliphatic carbocycles. The number of ketones is 1. The molecule has 0 saturated carbocycles. The molecule has 3 nitrogen and oxygen atoms in total. The highest BCUT2D eigenvalue weighted by Gasteiger charge is 2.24. The van der Waals surface area contributed by atoms with Crippen molar-refractivity contribution in [3.63, 3.8) is 0 Å². The average molecular weight is 311 g/mol. The van der Waals surface area contributed by atoms with Crippen molar-refractivity contribution in [3.05, 3.63) is 40.9 Å². The Balaban J connectivity index is 2.72. The number of esters is 1. The molecule has 0 spiro atoms. The Hall–Kier alpha value is -1.42. The summed E-state index contributed by atoms with van der Waals surface area (Å²) in [5.74, 6) is -0.988. The molecule has 1 aromatic carbocycles. The van der Waals surface area contributed by atoms with E-state index in [1.54, 1.807) is 30.3 Å². The Morgan fingerprint density at radius 3 is 2.44 bits per heavy atom. The largest absolute Gasteiger partial charge is 0.426 e. The lowest BCUT2D eigenvalue weighted by Gasteiger charge is -2.11. The Morgan fingerprint density at radius 1 is 1.33 bits per heavy atom. The van der Waals surface area contributed by atoms with E-state index in [0.717, 1.165) is 4.47 Å². The molecule has 1 aromatic rings. The van der Waals surface area contributed by atoms with Crippen LogP contribution in [0.1, 0.15) is 20.3 Å². The first-order valence-corrected chi connectivity index (χ1v) is 6.42. The van der Waals surface area contributed by atoms with E-state index < -0.39 is 11.9 Å². The molecule has 96 valence electrons. The van der Waals surface area contributed by atoms with Gasteiger partial charge in [0.15, 0.2) is 0 Å². The van der Waals surface area contributed by atoms with Gasteiger partial charge in [0.25, 0.3) is 0 Å². The summed E-state index contributed by atoms with van der Waals surface area (Å²) in [4.78, 5) is 23.2. The molecule has 0 saturated heterocycles. The highest BCUT2D eigenvalue weighted by atomic mass is 79.9. The van der Waals surface area contributed by atoms with Crippen LogP contribution in [0.4, 0.5) is 0 Å². The van der Waals surface area contributed by atoms with Crippen LogP contribution in [-0.4, -0.2) is 11.8 Å². The zero-order chi connectivity index (χ0) is 13.5. The number of carbonyl (C=O) groups is 2. The molecule has 1 atom stereocenters. The molecule has 0 N–H and O–H groups in total. The predicted octanol–water partition coefficient (Wildman–Crippen LogP) is 3.53. The number of Topliss-reactive ketones (excluding diaryl/α,β-unsaturated/α-hetero) is 1. The van der Waals surface area contributed by atoms with E-state index in [0.29, 0.717) is 12.2 Å². The smallest absolute Gasteiger partial charge is 0.322 e. The Labute approximate surface area is 115 Å².